The van der Waals surface area contributed by atoms with Gasteiger partial charge in [0.25, 0.3) is 0 Å². The molecule has 0 amide bonds. The molecule has 8 heavy (non-hydrogen) atoms. The molecule has 3 nitrogen and oxygen atoms in total. The van der Waals surface area contributed by atoms with Crippen molar-refractivity contribution in [3.63, 3.8) is 0 Å². The van der Waals surface area contributed by atoms with E-state index in [1.165, 1.54) is 0 Å². The second-order valence-corrected chi connectivity index (χ2v) is 1.56. The number of aliphatic hydroxyl groups excluding tert-OH is 1. The molecule has 0 aromatic carbocycles. The molecule has 1 aliphatic heterocycles. The van der Waals surface area contributed by atoms with Crippen LogP contribution in [0.4, 0.5) is 0 Å². The van der Waals surface area contributed by atoms with E-state index in [0.717, 1.165) is 0 Å². The molecule has 0 bridgehead atoms. The first-order chi connectivity index (χ1) is 3.70. The second kappa shape index (κ2) is 1.51. The van der Waals surface area contributed by atoms with Gasteiger partial charge in [-0.15, -0.1) is 0 Å². The Morgan fingerprint density at radius 3 is 2.62 bits per heavy atom. The fourth-order valence-corrected chi connectivity index (χ4v) is 0.452. The SMILES string of the molecule is CC1OC(=O)[C]=C1O. The molecule has 3 heteroatoms. The Hall–Kier alpha value is -0.990. The molecule has 1 unspecified atom stereocenters. The van der Waals surface area contributed by atoms with Crippen LogP contribution in [0.3, 0.4) is 0 Å². The van der Waals surface area contributed by atoms with Gasteiger partial charge >= 0.3 is 5.97 Å². The van der Waals surface area contributed by atoms with Crippen molar-refractivity contribution in [3.05, 3.63) is 11.8 Å². The number of ether oxygens (including phenoxy) is 1. The van der Waals surface area contributed by atoms with E-state index in [1.807, 2.05) is 0 Å². The van der Waals surface area contributed by atoms with Gasteiger partial charge in [-0.1, -0.05) is 0 Å². The van der Waals surface area contributed by atoms with E-state index in [1.54, 1.807) is 6.92 Å². The van der Waals surface area contributed by atoms with Gasteiger partial charge in [-0.2, -0.15) is 0 Å². The summed E-state index contributed by atoms with van der Waals surface area (Å²) in [4.78, 5) is 10.1. The van der Waals surface area contributed by atoms with Gasteiger partial charge in [0.15, 0.2) is 6.10 Å². The molecule has 0 aromatic rings. The number of aliphatic hydroxyl groups is 1. The summed E-state index contributed by atoms with van der Waals surface area (Å²) < 4.78 is 4.44. The Morgan fingerprint density at radius 2 is 2.50 bits per heavy atom. The topological polar surface area (TPSA) is 46.5 Å². The fraction of sp³-hybridized carbons (Fsp3) is 0.400. The minimum atomic E-state index is -0.588. The highest BCUT2D eigenvalue weighted by molar-refractivity contribution is 5.80. The highest BCUT2D eigenvalue weighted by Crippen LogP contribution is 2.09. The summed E-state index contributed by atoms with van der Waals surface area (Å²) in [5.41, 5.74) is 0. The van der Waals surface area contributed by atoms with Crippen LogP contribution in [0.1, 0.15) is 6.92 Å². The van der Waals surface area contributed by atoms with E-state index in [-0.39, 0.29) is 5.76 Å². The maximum absolute atomic E-state index is 10.1. The quantitative estimate of drug-likeness (QED) is 0.456. The molecule has 43 valence electrons. The van der Waals surface area contributed by atoms with Crippen molar-refractivity contribution in [2.45, 2.75) is 13.0 Å². The number of carbonyl (C=O) groups is 1. The second-order valence-electron chi connectivity index (χ2n) is 1.56. The number of carbonyl (C=O) groups excluding carboxylic acids is 1. The molecular weight excluding hydrogens is 108 g/mol. The van der Waals surface area contributed by atoms with Crippen LogP contribution in [-0.2, 0) is 9.53 Å². The Bertz CT molecular complexity index is 148. The minimum Gasteiger partial charge on any atom is -0.507 e. The predicted molar refractivity (Wildman–Crippen MR) is 24.9 cm³/mol. The molecule has 0 saturated heterocycles. The van der Waals surface area contributed by atoms with Crippen LogP contribution < -0.4 is 0 Å². The van der Waals surface area contributed by atoms with Crippen LogP contribution in [-0.4, -0.2) is 17.2 Å². The zero-order valence-corrected chi connectivity index (χ0v) is 4.34. The molecule has 1 heterocycles. The van der Waals surface area contributed by atoms with Crippen molar-refractivity contribution >= 4 is 5.97 Å². The molecule has 0 saturated carbocycles. The lowest BCUT2D eigenvalue weighted by Gasteiger charge is -1.99. The first-order valence-corrected chi connectivity index (χ1v) is 2.23. The van der Waals surface area contributed by atoms with Crippen molar-refractivity contribution in [2.75, 3.05) is 0 Å². The Kier molecular flexibility index (Phi) is 0.970. The number of hydrogen-bond donors (Lipinski definition) is 1. The molecular formula is C5H5O3. The van der Waals surface area contributed by atoms with Gasteiger partial charge in [0.1, 0.15) is 11.8 Å². The van der Waals surface area contributed by atoms with Crippen LogP contribution in [0, 0.1) is 6.08 Å². The third-order valence-electron chi connectivity index (χ3n) is 0.899. The van der Waals surface area contributed by atoms with Gasteiger partial charge in [0.2, 0.25) is 0 Å². The van der Waals surface area contributed by atoms with Crippen LogP contribution in [0.15, 0.2) is 5.76 Å². The van der Waals surface area contributed by atoms with Crippen LogP contribution in [0.25, 0.3) is 0 Å². The first kappa shape index (κ1) is 5.15. The fourth-order valence-electron chi connectivity index (χ4n) is 0.452. The van der Waals surface area contributed by atoms with Gasteiger partial charge in [-0.3, -0.25) is 0 Å². The summed E-state index contributed by atoms with van der Waals surface area (Å²) in [5, 5.41) is 8.63. The summed E-state index contributed by atoms with van der Waals surface area (Å²) in [5.74, 6) is -0.704. The van der Waals surface area contributed by atoms with Crippen LogP contribution in [0.2, 0.25) is 0 Å². The van der Waals surface area contributed by atoms with Crippen molar-refractivity contribution in [2.24, 2.45) is 0 Å². The van der Waals surface area contributed by atoms with E-state index in [4.69, 9.17) is 5.11 Å². The number of hydrogen-bond acceptors (Lipinski definition) is 3. The standard InChI is InChI=1S/C5H5O3/c1-3-4(6)2-5(7)8-3/h3,6H,1H3. The van der Waals surface area contributed by atoms with Crippen molar-refractivity contribution < 1.29 is 14.6 Å². The minimum absolute atomic E-state index is 0.116. The molecule has 0 fully saturated rings. The molecule has 0 spiro atoms. The summed E-state index contributed by atoms with van der Waals surface area (Å²) in [6.07, 6.45) is 1.58. The molecule has 1 N–H and O–H groups in total. The van der Waals surface area contributed by atoms with E-state index < -0.39 is 12.1 Å². The summed E-state index contributed by atoms with van der Waals surface area (Å²) in [7, 11) is 0. The molecule has 1 aliphatic rings. The molecule has 0 aromatic heterocycles. The highest BCUT2D eigenvalue weighted by atomic mass is 16.6. The average Bonchev–Trinajstić information content (AvgIpc) is 1.85. The van der Waals surface area contributed by atoms with Crippen LogP contribution >= 0.6 is 0 Å². The van der Waals surface area contributed by atoms with Crippen molar-refractivity contribution in [3.8, 4) is 0 Å². The van der Waals surface area contributed by atoms with E-state index in [0.29, 0.717) is 0 Å². The summed E-state index contributed by atoms with van der Waals surface area (Å²) >= 11 is 0. The lowest BCUT2D eigenvalue weighted by molar-refractivity contribution is -0.139. The predicted octanol–water partition coefficient (Wildman–Crippen LogP) is 0.177. The summed E-state index contributed by atoms with van der Waals surface area (Å²) in [6.45, 7) is 1.58. The summed E-state index contributed by atoms with van der Waals surface area (Å²) in [6, 6.07) is 0. The van der Waals surface area contributed by atoms with E-state index >= 15 is 0 Å². The lowest BCUT2D eigenvalue weighted by atomic mass is 10.3. The molecule has 0 aliphatic carbocycles. The maximum Gasteiger partial charge on any atom is 0.343 e. The van der Waals surface area contributed by atoms with Crippen molar-refractivity contribution in [1.82, 2.24) is 0 Å². The van der Waals surface area contributed by atoms with Crippen LogP contribution in [0.5, 0.6) is 0 Å². The lowest BCUT2D eigenvalue weighted by Crippen LogP contribution is -2.04. The van der Waals surface area contributed by atoms with Gasteiger partial charge in [-0.25, -0.2) is 4.79 Å². The van der Waals surface area contributed by atoms with Crippen molar-refractivity contribution in [1.29, 1.82) is 0 Å². The zero-order valence-electron chi connectivity index (χ0n) is 4.34. The van der Waals surface area contributed by atoms with E-state index in [9.17, 15) is 4.79 Å². The van der Waals surface area contributed by atoms with Gasteiger partial charge in [0.05, 0.1) is 0 Å². The largest absolute Gasteiger partial charge is 0.507 e. The number of rotatable bonds is 0. The van der Waals surface area contributed by atoms with E-state index in [2.05, 4.69) is 10.8 Å². The maximum atomic E-state index is 10.1. The smallest absolute Gasteiger partial charge is 0.343 e. The number of cyclic esters (lactones) is 1. The molecule has 1 atom stereocenters. The Labute approximate surface area is 46.6 Å². The normalized spacial score (nSPS) is 27.4. The van der Waals surface area contributed by atoms with Gasteiger partial charge in [0, 0.05) is 0 Å². The monoisotopic (exact) mass is 113 g/mol. The third-order valence-corrected chi connectivity index (χ3v) is 0.899. The molecule has 1 radical (unpaired) electrons. The number of esters is 1. The first-order valence-electron chi connectivity index (χ1n) is 2.23. The highest BCUT2D eigenvalue weighted by Gasteiger charge is 2.20. The Morgan fingerprint density at radius 1 is 1.88 bits per heavy atom. The Balaban J connectivity index is 2.73. The zero-order chi connectivity index (χ0) is 6.15. The van der Waals surface area contributed by atoms with Gasteiger partial charge in [-0.05, 0) is 6.92 Å². The molecule has 1 rings (SSSR count). The van der Waals surface area contributed by atoms with Gasteiger partial charge < -0.3 is 9.84 Å². The third kappa shape index (κ3) is 0.665. The average molecular weight is 113 g/mol.